The number of ether oxygens (including phenoxy) is 3. The van der Waals surface area contributed by atoms with Gasteiger partial charge in [0.05, 0.1) is 27.0 Å². The van der Waals surface area contributed by atoms with E-state index >= 15 is 0 Å². The smallest absolute Gasteiger partial charge is 0.203 e. The lowest BCUT2D eigenvalue weighted by Gasteiger charge is -2.26. The number of aromatic nitrogens is 3. The van der Waals surface area contributed by atoms with E-state index in [1.54, 1.807) is 7.11 Å². The van der Waals surface area contributed by atoms with Gasteiger partial charge in [0.25, 0.3) is 0 Å². The largest absolute Gasteiger partial charge is 0.497 e. The Balaban J connectivity index is 1.59. The molecule has 4 rings (SSSR count). The van der Waals surface area contributed by atoms with E-state index in [0.717, 1.165) is 49.3 Å². The Hall–Kier alpha value is -2.68. The van der Waals surface area contributed by atoms with Gasteiger partial charge in [0, 0.05) is 18.8 Å². The Morgan fingerprint density at radius 3 is 2.38 bits per heavy atom. The van der Waals surface area contributed by atoms with Crippen LogP contribution in [0.2, 0.25) is 0 Å². The Morgan fingerprint density at radius 2 is 1.69 bits per heavy atom. The lowest BCUT2D eigenvalue weighted by Crippen LogP contribution is -2.37. The summed E-state index contributed by atoms with van der Waals surface area (Å²) in [5.74, 6) is 2.30. The third-order valence-corrected chi connectivity index (χ3v) is 5.18. The third kappa shape index (κ3) is 4.67. The van der Waals surface area contributed by atoms with Gasteiger partial charge in [-0.1, -0.05) is 18.2 Å². The van der Waals surface area contributed by atoms with E-state index in [1.807, 2.05) is 63.8 Å². The molecule has 0 aliphatic carbocycles. The van der Waals surface area contributed by atoms with Crippen molar-refractivity contribution in [3.63, 3.8) is 0 Å². The highest BCUT2D eigenvalue weighted by molar-refractivity contribution is 7.71. The summed E-state index contributed by atoms with van der Waals surface area (Å²) in [6, 6.07) is 17.5. The fraction of sp³-hybridized carbons (Fsp3) is 0.333. The van der Waals surface area contributed by atoms with E-state index < -0.39 is 0 Å². The molecule has 1 aromatic heterocycles. The van der Waals surface area contributed by atoms with Crippen LogP contribution >= 0.6 is 12.2 Å². The van der Waals surface area contributed by atoms with Crippen molar-refractivity contribution in [3.05, 3.63) is 65.2 Å². The maximum Gasteiger partial charge on any atom is 0.203 e. The van der Waals surface area contributed by atoms with Gasteiger partial charge in [0.2, 0.25) is 4.77 Å². The van der Waals surface area contributed by atoms with Gasteiger partial charge in [0.1, 0.15) is 18.1 Å². The number of rotatable bonds is 7. The molecule has 3 aromatic rings. The van der Waals surface area contributed by atoms with Crippen molar-refractivity contribution in [1.82, 2.24) is 19.2 Å². The van der Waals surface area contributed by atoms with Crippen molar-refractivity contribution in [3.8, 4) is 17.2 Å². The molecule has 0 saturated carbocycles. The molecule has 1 fully saturated rings. The van der Waals surface area contributed by atoms with Gasteiger partial charge in [-0.25, -0.2) is 4.68 Å². The molecule has 1 aliphatic heterocycles. The van der Waals surface area contributed by atoms with Crippen LogP contribution in [0.15, 0.2) is 54.6 Å². The minimum Gasteiger partial charge on any atom is -0.497 e. The molecule has 2 aromatic carbocycles. The summed E-state index contributed by atoms with van der Waals surface area (Å²) < 4.78 is 21.1. The Morgan fingerprint density at radius 1 is 1.00 bits per heavy atom. The standard InChI is InChI=1S/C21H24N4O3S/c1-26-18-7-9-19(10-8-18)28-15-20-22-24(16-23-11-13-27-14-12-23)21(29)25(20)17-5-3-2-4-6-17/h2-10H,11-16H2,1H3. The van der Waals surface area contributed by atoms with E-state index in [1.165, 1.54) is 0 Å². The molecule has 0 spiro atoms. The zero-order valence-corrected chi connectivity index (χ0v) is 17.2. The molecular formula is C21H24N4O3S. The number of nitrogens with zero attached hydrogens (tertiary/aromatic N) is 4. The summed E-state index contributed by atoms with van der Waals surface area (Å²) in [5.41, 5.74) is 0.971. The molecule has 7 nitrogen and oxygen atoms in total. The molecule has 2 heterocycles. The minimum atomic E-state index is 0.307. The highest BCUT2D eigenvalue weighted by Crippen LogP contribution is 2.19. The topological polar surface area (TPSA) is 53.7 Å². The van der Waals surface area contributed by atoms with Crippen molar-refractivity contribution >= 4 is 12.2 Å². The number of hydrogen-bond acceptors (Lipinski definition) is 6. The molecule has 0 unspecified atom stereocenters. The normalized spacial score (nSPS) is 14.7. The molecule has 152 valence electrons. The Bertz CT molecular complexity index is 979. The summed E-state index contributed by atoms with van der Waals surface area (Å²) in [6.07, 6.45) is 0. The summed E-state index contributed by atoms with van der Waals surface area (Å²) in [6.45, 7) is 4.16. The highest BCUT2D eigenvalue weighted by Gasteiger charge is 2.17. The van der Waals surface area contributed by atoms with E-state index in [2.05, 4.69) is 4.90 Å². The second-order valence-electron chi connectivity index (χ2n) is 6.71. The van der Waals surface area contributed by atoms with Crippen molar-refractivity contribution in [1.29, 1.82) is 0 Å². The first-order valence-corrected chi connectivity index (χ1v) is 9.96. The number of para-hydroxylation sites is 1. The molecule has 1 saturated heterocycles. The number of methoxy groups -OCH3 is 1. The molecular weight excluding hydrogens is 388 g/mol. The molecule has 0 radical (unpaired) electrons. The Labute approximate surface area is 175 Å². The van der Waals surface area contributed by atoms with Crippen molar-refractivity contribution < 1.29 is 14.2 Å². The van der Waals surface area contributed by atoms with Crippen LogP contribution in [0.5, 0.6) is 11.5 Å². The quantitative estimate of drug-likeness (QED) is 0.555. The van der Waals surface area contributed by atoms with Crippen LogP contribution in [0, 0.1) is 4.77 Å². The number of morpholine rings is 1. The maximum absolute atomic E-state index is 5.98. The van der Waals surface area contributed by atoms with E-state index in [9.17, 15) is 0 Å². The lowest BCUT2D eigenvalue weighted by atomic mass is 10.3. The predicted molar refractivity (Wildman–Crippen MR) is 112 cm³/mol. The van der Waals surface area contributed by atoms with Crippen LogP contribution in [0.3, 0.4) is 0 Å². The van der Waals surface area contributed by atoms with Crippen molar-refractivity contribution in [2.45, 2.75) is 13.3 Å². The Kier molecular flexibility index (Phi) is 6.24. The molecule has 8 heteroatoms. The average molecular weight is 413 g/mol. The number of benzene rings is 2. The molecule has 0 amide bonds. The highest BCUT2D eigenvalue weighted by atomic mass is 32.1. The van der Waals surface area contributed by atoms with Gasteiger partial charge in [-0.2, -0.15) is 5.10 Å². The first kappa shape index (κ1) is 19.6. The summed E-state index contributed by atoms with van der Waals surface area (Å²) in [5, 5.41) is 4.77. The van der Waals surface area contributed by atoms with Gasteiger partial charge in [-0.05, 0) is 48.6 Å². The average Bonchev–Trinajstić information content (AvgIpc) is 3.09. The maximum atomic E-state index is 5.98. The van der Waals surface area contributed by atoms with Gasteiger partial charge < -0.3 is 14.2 Å². The second-order valence-corrected chi connectivity index (χ2v) is 7.07. The van der Waals surface area contributed by atoms with Crippen LogP contribution in [0.1, 0.15) is 5.82 Å². The number of hydrogen-bond donors (Lipinski definition) is 0. The lowest BCUT2D eigenvalue weighted by molar-refractivity contribution is 0.0209. The monoisotopic (exact) mass is 412 g/mol. The van der Waals surface area contributed by atoms with Crippen molar-refractivity contribution in [2.75, 3.05) is 33.4 Å². The summed E-state index contributed by atoms with van der Waals surface area (Å²) >= 11 is 5.76. The van der Waals surface area contributed by atoms with E-state index in [-0.39, 0.29) is 0 Å². The van der Waals surface area contributed by atoms with Crippen LogP contribution in [-0.2, 0) is 18.0 Å². The molecule has 0 N–H and O–H groups in total. The molecule has 0 bridgehead atoms. The van der Waals surface area contributed by atoms with Crippen LogP contribution in [0.25, 0.3) is 5.69 Å². The summed E-state index contributed by atoms with van der Waals surface area (Å²) in [7, 11) is 1.64. The van der Waals surface area contributed by atoms with Crippen molar-refractivity contribution in [2.24, 2.45) is 0 Å². The zero-order valence-electron chi connectivity index (χ0n) is 16.4. The predicted octanol–water partition coefficient (Wildman–Crippen LogP) is 3.28. The summed E-state index contributed by atoms with van der Waals surface area (Å²) in [4.78, 5) is 2.29. The van der Waals surface area contributed by atoms with Gasteiger partial charge in [0.15, 0.2) is 5.82 Å². The second kappa shape index (κ2) is 9.21. The molecule has 29 heavy (non-hydrogen) atoms. The minimum absolute atomic E-state index is 0.307. The third-order valence-electron chi connectivity index (χ3n) is 4.79. The first-order chi connectivity index (χ1) is 14.2. The van der Waals surface area contributed by atoms with Gasteiger partial charge in [-0.3, -0.25) is 9.47 Å². The van der Waals surface area contributed by atoms with Gasteiger partial charge in [-0.15, -0.1) is 0 Å². The first-order valence-electron chi connectivity index (χ1n) is 9.56. The van der Waals surface area contributed by atoms with E-state index in [4.69, 9.17) is 31.5 Å². The molecule has 1 aliphatic rings. The van der Waals surface area contributed by atoms with E-state index in [0.29, 0.717) is 18.0 Å². The van der Waals surface area contributed by atoms with Crippen LogP contribution in [-0.4, -0.2) is 52.7 Å². The van der Waals surface area contributed by atoms with Crippen LogP contribution in [0.4, 0.5) is 0 Å². The fourth-order valence-electron chi connectivity index (χ4n) is 3.23. The zero-order chi connectivity index (χ0) is 20.1. The van der Waals surface area contributed by atoms with Gasteiger partial charge >= 0.3 is 0 Å². The fourth-order valence-corrected chi connectivity index (χ4v) is 3.54. The van der Waals surface area contributed by atoms with Crippen LogP contribution < -0.4 is 9.47 Å². The molecule has 0 atom stereocenters. The SMILES string of the molecule is COc1ccc(OCc2nn(CN3CCOCC3)c(=S)n2-c2ccccc2)cc1.